The Kier molecular flexibility index (Phi) is 6.42. The number of hydrogen-bond acceptors (Lipinski definition) is 3. The second-order valence-electron chi connectivity index (χ2n) is 18.0. The van der Waals surface area contributed by atoms with Gasteiger partial charge in [-0.3, -0.25) is 0 Å². The van der Waals surface area contributed by atoms with Crippen LogP contribution in [0.1, 0.15) is 110 Å². The molecule has 0 saturated heterocycles. The van der Waals surface area contributed by atoms with Gasteiger partial charge in [-0.25, -0.2) is 0 Å². The Bertz CT molecular complexity index is 2100. The normalized spacial score (nSPS) is 17.5. The van der Waals surface area contributed by atoms with Gasteiger partial charge in [-0.15, -0.1) is 11.3 Å². The minimum absolute atomic E-state index is 0.0821. The fraction of sp³-hybridized carbons (Fsp3) is 0.395. The van der Waals surface area contributed by atoms with Crippen LogP contribution in [0.2, 0.25) is 0 Å². The first kappa shape index (κ1) is 30.8. The van der Waals surface area contributed by atoms with Crippen molar-refractivity contribution in [3.8, 4) is 0 Å². The van der Waals surface area contributed by atoms with Crippen LogP contribution in [0, 0.1) is 6.92 Å². The van der Waals surface area contributed by atoms with Crippen molar-refractivity contribution in [3.63, 3.8) is 0 Å². The number of rotatable bonds is 1. The summed E-state index contributed by atoms with van der Waals surface area (Å²) in [4.78, 5) is 2.60. The van der Waals surface area contributed by atoms with E-state index in [1.807, 2.05) is 11.3 Å². The summed E-state index contributed by atoms with van der Waals surface area (Å²) in [6.07, 6.45) is 2.44. The van der Waals surface area contributed by atoms with Gasteiger partial charge < -0.3 is 10.2 Å². The highest BCUT2D eigenvalue weighted by molar-refractivity contribution is 7.33. The lowest BCUT2D eigenvalue weighted by atomic mass is 9.36. The van der Waals surface area contributed by atoms with Gasteiger partial charge in [0, 0.05) is 37.6 Å². The van der Waals surface area contributed by atoms with Crippen LogP contribution >= 0.6 is 11.3 Å². The number of anilines is 5. The van der Waals surface area contributed by atoms with Crippen molar-refractivity contribution in [2.45, 2.75) is 111 Å². The molecule has 3 aliphatic rings. The van der Waals surface area contributed by atoms with Crippen LogP contribution in [0.25, 0.3) is 10.1 Å². The third-order valence-corrected chi connectivity index (χ3v) is 12.7. The van der Waals surface area contributed by atoms with Crippen molar-refractivity contribution in [2.75, 3.05) is 10.2 Å². The van der Waals surface area contributed by atoms with Crippen LogP contribution in [0.4, 0.5) is 28.4 Å². The predicted octanol–water partition coefficient (Wildman–Crippen LogP) is 10.5. The van der Waals surface area contributed by atoms with E-state index in [4.69, 9.17) is 0 Å². The Morgan fingerprint density at radius 2 is 1.34 bits per heavy atom. The van der Waals surface area contributed by atoms with Crippen LogP contribution in [0.5, 0.6) is 0 Å². The van der Waals surface area contributed by atoms with E-state index in [1.54, 1.807) is 0 Å². The van der Waals surface area contributed by atoms with Crippen LogP contribution in [-0.4, -0.2) is 6.71 Å². The van der Waals surface area contributed by atoms with Crippen molar-refractivity contribution in [3.05, 3.63) is 94.5 Å². The predicted molar refractivity (Wildman–Crippen MR) is 208 cm³/mol. The smallest absolute Gasteiger partial charge is 0.264 e. The molecular weight excluding hydrogens is 587 g/mol. The molecule has 0 atom stereocenters. The van der Waals surface area contributed by atoms with Crippen molar-refractivity contribution in [1.82, 2.24) is 0 Å². The fourth-order valence-corrected chi connectivity index (χ4v) is 9.75. The van der Waals surface area contributed by atoms with Gasteiger partial charge in [0.2, 0.25) is 0 Å². The van der Waals surface area contributed by atoms with Crippen LogP contribution in [0.3, 0.4) is 0 Å². The van der Waals surface area contributed by atoms with E-state index in [-0.39, 0.29) is 28.4 Å². The molecule has 2 aliphatic heterocycles. The molecule has 1 aliphatic carbocycles. The summed E-state index contributed by atoms with van der Waals surface area (Å²) in [7, 11) is 0. The zero-order valence-electron chi connectivity index (χ0n) is 30.2. The Balaban J connectivity index is 1.46. The minimum atomic E-state index is 0.0821. The van der Waals surface area contributed by atoms with E-state index >= 15 is 0 Å². The number of nitrogens with zero attached hydrogens (tertiary/aromatic N) is 1. The first-order valence-corrected chi connectivity index (χ1v) is 18.3. The molecule has 0 spiro atoms. The summed E-state index contributed by atoms with van der Waals surface area (Å²) < 4.78 is 2.87. The van der Waals surface area contributed by atoms with Gasteiger partial charge in [0.25, 0.3) is 6.71 Å². The van der Waals surface area contributed by atoms with Gasteiger partial charge in [0.1, 0.15) is 0 Å². The Morgan fingerprint density at radius 3 is 1.98 bits per heavy atom. The standard InChI is InChI=1S/C43H49BN2S/c1-25-20-34-37-35(21-25)46(28-15-12-26(13-16-28)40(2,3)4)38-29-23-30-31(43(10,11)19-18-42(30,8)9)24-36(29)47-39(38)44(37)32-17-14-27(41(5,6)7)22-33(32)45-34/h12-17,20-24,45H,18-19H2,1-11H3. The Morgan fingerprint density at radius 1 is 0.723 bits per heavy atom. The molecule has 1 N–H and O–H groups in total. The largest absolute Gasteiger partial charge is 0.356 e. The van der Waals surface area contributed by atoms with Crippen LogP contribution in [0.15, 0.2) is 66.7 Å². The first-order valence-electron chi connectivity index (χ1n) is 17.5. The summed E-state index contributed by atoms with van der Waals surface area (Å²) in [5.74, 6) is 0. The quantitative estimate of drug-likeness (QED) is 0.180. The zero-order valence-corrected chi connectivity index (χ0v) is 31.0. The van der Waals surface area contributed by atoms with Gasteiger partial charge in [-0.05, 0) is 123 Å². The third-order valence-electron chi connectivity index (χ3n) is 11.5. The SMILES string of the molecule is Cc1cc2c3c(c1)N(c1ccc(C(C)(C)C)cc1)c1c(sc4cc5c(cc14)C(C)(C)CCC5(C)C)B3c1ccc(C(C)(C)C)cc1N2. The number of aryl methyl sites for hydroxylation is 1. The van der Waals surface area contributed by atoms with E-state index in [2.05, 4.69) is 153 Å². The summed E-state index contributed by atoms with van der Waals surface area (Å²) in [5.41, 5.74) is 16.8. The van der Waals surface area contributed by atoms with Gasteiger partial charge in [0.05, 0.1) is 5.69 Å². The summed E-state index contributed by atoms with van der Waals surface area (Å²) >= 11 is 2.03. The molecule has 0 bridgehead atoms. The topological polar surface area (TPSA) is 15.3 Å². The summed E-state index contributed by atoms with van der Waals surface area (Å²) in [5, 5.41) is 5.34. The Hall–Kier alpha value is -3.50. The lowest BCUT2D eigenvalue weighted by Gasteiger charge is -2.42. The van der Waals surface area contributed by atoms with Gasteiger partial charge in [-0.2, -0.15) is 0 Å². The maximum absolute atomic E-state index is 3.94. The molecule has 0 amide bonds. The second kappa shape index (κ2) is 9.78. The molecule has 4 heteroatoms. The Labute approximate surface area is 286 Å². The van der Waals surface area contributed by atoms with Gasteiger partial charge in [0.15, 0.2) is 0 Å². The van der Waals surface area contributed by atoms with E-state index < -0.39 is 0 Å². The molecule has 8 rings (SSSR count). The summed E-state index contributed by atoms with van der Waals surface area (Å²) in [6.45, 7) is 26.1. The van der Waals surface area contributed by atoms with E-state index in [0.29, 0.717) is 0 Å². The molecule has 0 radical (unpaired) electrons. The van der Waals surface area contributed by atoms with Gasteiger partial charge in [-0.1, -0.05) is 93.5 Å². The monoisotopic (exact) mass is 636 g/mol. The highest BCUT2D eigenvalue weighted by Crippen LogP contribution is 2.51. The van der Waals surface area contributed by atoms with E-state index in [9.17, 15) is 0 Å². The van der Waals surface area contributed by atoms with Crippen molar-refractivity contribution < 1.29 is 0 Å². The molecule has 2 nitrogen and oxygen atoms in total. The molecule has 240 valence electrons. The number of thiophene rings is 1. The first-order chi connectivity index (χ1) is 21.9. The lowest BCUT2D eigenvalue weighted by Crippen LogP contribution is -2.59. The van der Waals surface area contributed by atoms with Crippen molar-refractivity contribution >= 4 is 72.3 Å². The second-order valence-corrected chi connectivity index (χ2v) is 19.0. The van der Waals surface area contributed by atoms with E-state index in [0.717, 1.165) is 0 Å². The van der Waals surface area contributed by atoms with Crippen molar-refractivity contribution in [1.29, 1.82) is 0 Å². The van der Waals surface area contributed by atoms with Crippen LogP contribution in [-0.2, 0) is 21.7 Å². The average molecular weight is 637 g/mol. The molecular formula is C43H49BN2S. The van der Waals surface area contributed by atoms with Gasteiger partial charge >= 0.3 is 0 Å². The fourth-order valence-electron chi connectivity index (χ4n) is 8.41. The number of nitrogens with one attached hydrogen (secondary N) is 1. The molecule has 5 aromatic rings. The molecule has 0 unspecified atom stereocenters. The minimum Gasteiger partial charge on any atom is -0.356 e. The molecule has 47 heavy (non-hydrogen) atoms. The molecule has 4 aromatic carbocycles. The van der Waals surface area contributed by atoms with Crippen LogP contribution < -0.4 is 25.9 Å². The van der Waals surface area contributed by atoms with E-state index in [1.165, 1.54) is 94.9 Å². The summed E-state index contributed by atoms with van der Waals surface area (Å²) in [6, 6.07) is 26.6. The molecule has 0 fully saturated rings. The molecule has 1 aromatic heterocycles. The highest BCUT2D eigenvalue weighted by Gasteiger charge is 2.45. The maximum atomic E-state index is 3.94. The number of hydrogen-bond donors (Lipinski definition) is 1. The highest BCUT2D eigenvalue weighted by atomic mass is 32.1. The maximum Gasteiger partial charge on any atom is 0.264 e. The average Bonchev–Trinajstić information content (AvgIpc) is 3.36. The zero-order chi connectivity index (χ0) is 33.4. The third kappa shape index (κ3) is 4.65. The number of benzene rings is 4. The molecule has 0 saturated carbocycles. The lowest BCUT2D eigenvalue weighted by molar-refractivity contribution is 0.332. The number of fused-ring (bicyclic) bond motifs is 7. The van der Waals surface area contributed by atoms with Crippen molar-refractivity contribution in [2.24, 2.45) is 0 Å². The molecule has 3 heterocycles.